The molecule has 0 heterocycles. The van der Waals surface area contributed by atoms with Gasteiger partial charge in [0.25, 0.3) is 0 Å². The first kappa shape index (κ1) is 10.6. The SMILES string of the molecule is CC[C@@H](C)NCc1cccc(Cl)c1. The molecular formula is C11H16ClN. The van der Waals surface area contributed by atoms with Crippen molar-refractivity contribution in [1.82, 2.24) is 5.32 Å². The van der Waals surface area contributed by atoms with Gasteiger partial charge in [-0.05, 0) is 31.0 Å². The van der Waals surface area contributed by atoms with Gasteiger partial charge in [-0.25, -0.2) is 0 Å². The van der Waals surface area contributed by atoms with Crippen LogP contribution >= 0.6 is 11.6 Å². The number of halogens is 1. The number of benzene rings is 1. The van der Waals surface area contributed by atoms with Crippen molar-refractivity contribution in [3.05, 3.63) is 34.9 Å². The molecular weight excluding hydrogens is 182 g/mol. The fourth-order valence-electron chi connectivity index (χ4n) is 1.08. The minimum atomic E-state index is 0.569. The van der Waals surface area contributed by atoms with E-state index in [1.54, 1.807) is 0 Å². The van der Waals surface area contributed by atoms with Crippen LogP contribution < -0.4 is 5.32 Å². The number of rotatable bonds is 4. The number of hydrogen-bond donors (Lipinski definition) is 1. The van der Waals surface area contributed by atoms with Crippen LogP contribution in [0, 0.1) is 0 Å². The van der Waals surface area contributed by atoms with E-state index < -0.39 is 0 Å². The highest BCUT2D eigenvalue weighted by Crippen LogP contribution is 2.10. The van der Waals surface area contributed by atoms with Crippen LogP contribution in [0.4, 0.5) is 0 Å². The largest absolute Gasteiger partial charge is 0.310 e. The van der Waals surface area contributed by atoms with Crippen LogP contribution in [0.5, 0.6) is 0 Å². The van der Waals surface area contributed by atoms with Crippen molar-refractivity contribution in [2.45, 2.75) is 32.9 Å². The Labute approximate surface area is 85.1 Å². The molecule has 1 aromatic carbocycles. The van der Waals surface area contributed by atoms with Crippen LogP contribution in [0.25, 0.3) is 0 Å². The van der Waals surface area contributed by atoms with Gasteiger partial charge in [0.15, 0.2) is 0 Å². The molecule has 0 amide bonds. The molecule has 1 atom stereocenters. The number of nitrogens with one attached hydrogen (secondary N) is 1. The van der Waals surface area contributed by atoms with Crippen LogP contribution in [0.15, 0.2) is 24.3 Å². The van der Waals surface area contributed by atoms with E-state index in [9.17, 15) is 0 Å². The molecule has 72 valence electrons. The second kappa shape index (κ2) is 5.25. The lowest BCUT2D eigenvalue weighted by Gasteiger charge is -2.10. The van der Waals surface area contributed by atoms with Gasteiger partial charge in [0.05, 0.1) is 0 Å². The van der Waals surface area contributed by atoms with Crippen molar-refractivity contribution in [1.29, 1.82) is 0 Å². The average molecular weight is 198 g/mol. The van der Waals surface area contributed by atoms with Gasteiger partial charge >= 0.3 is 0 Å². The summed E-state index contributed by atoms with van der Waals surface area (Å²) in [5.74, 6) is 0. The van der Waals surface area contributed by atoms with Gasteiger partial charge in [0, 0.05) is 17.6 Å². The van der Waals surface area contributed by atoms with Gasteiger partial charge in [-0.1, -0.05) is 30.7 Å². The molecule has 0 aliphatic carbocycles. The molecule has 0 aliphatic heterocycles. The van der Waals surface area contributed by atoms with Crippen molar-refractivity contribution in [2.24, 2.45) is 0 Å². The Bertz CT molecular complexity index is 260. The van der Waals surface area contributed by atoms with E-state index in [1.807, 2.05) is 18.2 Å². The maximum Gasteiger partial charge on any atom is 0.0409 e. The number of hydrogen-bond acceptors (Lipinski definition) is 1. The van der Waals surface area contributed by atoms with Crippen LogP contribution in [0.3, 0.4) is 0 Å². The van der Waals surface area contributed by atoms with Crippen molar-refractivity contribution < 1.29 is 0 Å². The lowest BCUT2D eigenvalue weighted by Crippen LogP contribution is -2.24. The van der Waals surface area contributed by atoms with E-state index in [-0.39, 0.29) is 0 Å². The Morgan fingerprint density at radius 3 is 2.85 bits per heavy atom. The minimum absolute atomic E-state index is 0.569. The van der Waals surface area contributed by atoms with Gasteiger partial charge < -0.3 is 5.32 Å². The molecule has 0 aromatic heterocycles. The summed E-state index contributed by atoms with van der Waals surface area (Å²) in [6.45, 7) is 5.26. The standard InChI is InChI=1S/C11H16ClN/c1-3-9(2)13-8-10-5-4-6-11(12)7-10/h4-7,9,13H,3,8H2,1-2H3/t9-/m1/s1. The summed E-state index contributed by atoms with van der Waals surface area (Å²) in [5, 5.41) is 4.23. The zero-order valence-electron chi connectivity index (χ0n) is 8.18. The minimum Gasteiger partial charge on any atom is -0.310 e. The Morgan fingerprint density at radius 2 is 2.23 bits per heavy atom. The van der Waals surface area contributed by atoms with Gasteiger partial charge in [-0.15, -0.1) is 0 Å². The van der Waals surface area contributed by atoms with E-state index in [0.717, 1.165) is 18.0 Å². The fraction of sp³-hybridized carbons (Fsp3) is 0.455. The Morgan fingerprint density at radius 1 is 1.46 bits per heavy atom. The quantitative estimate of drug-likeness (QED) is 0.782. The highest BCUT2D eigenvalue weighted by Gasteiger charge is 1.98. The van der Waals surface area contributed by atoms with Crippen molar-refractivity contribution >= 4 is 11.6 Å². The smallest absolute Gasteiger partial charge is 0.0409 e. The van der Waals surface area contributed by atoms with Gasteiger partial charge in [-0.2, -0.15) is 0 Å². The maximum absolute atomic E-state index is 5.87. The second-order valence-electron chi connectivity index (χ2n) is 3.32. The average Bonchev–Trinajstić information content (AvgIpc) is 2.14. The van der Waals surface area contributed by atoms with Crippen LogP contribution in [0.2, 0.25) is 5.02 Å². The molecule has 0 radical (unpaired) electrons. The third-order valence-corrected chi connectivity index (χ3v) is 2.39. The van der Waals surface area contributed by atoms with Gasteiger partial charge in [0.2, 0.25) is 0 Å². The highest BCUT2D eigenvalue weighted by atomic mass is 35.5. The maximum atomic E-state index is 5.87. The molecule has 1 rings (SSSR count). The van der Waals surface area contributed by atoms with E-state index in [0.29, 0.717) is 6.04 Å². The van der Waals surface area contributed by atoms with Crippen LogP contribution in [-0.4, -0.2) is 6.04 Å². The fourth-order valence-corrected chi connectivity index (χ4v) is 1.30. The first-order valence-corrected chi connectivity index (χ1v) is 5.08. The predicted octanol–water partition coefficient (Wildman–Crippen LogP) is 3.23. The summed E-state index contributed by atoms with van der Waals surface area (Å²) in [6.07, 6.45) is 1.15. The lowest BCUT2D eigenvalue weighted by atomic mass is 10.2. The predicted molar refractivity (Wildman–Crippen MR) is 58.0 cm³/mol. The van der Waals surface area contributed by atoms with Crippen LogP contribution in [0.1, 0.15) is 25.8 Å². The molecule has 0 fully saturated rings. The van der Waals surface area contributed by atoms with E-state index in [4.69, 9.17) is 11.6 Å². The summed E-state index contributed by atoms with van der Waals surface area (Å²) in [5.41, 5.74) is 1.24. The normalized spacial score (nSPS) is 12.8. The third-order valence-electron chi connectivity index (χ3n) is 2.16. The molecule has 13 heavy (non-hydrogen) atoms. The van der Waals surface area contributed by atoms with Crippen molar-refractivity contribution in [3.8, 4) is 0 Å². The Hall–Kier alpha value is -0.530. The molecule has 1 aromatic rings. The van der Waals surface area contributed by atoms with Crippen LogP contribution in [-0.2, 0) is 6.54 Å². The molecule has 1 N–H and O–H groups in total. The summed E-state index contributed by atoms with van der Waals surface area (Å²) in [4.78, 5) is 0. The summed E-state index contributed by atoms with van der Waals surface area (Å²) < 4.78 is 0. The molecule has 2 heteroatoms. The summed E-state index contributed by atoms with van der Waals surface area (Å²) in [7, 11) is 0. The molecule has 1 nitrogen and oxygen atoms in total. The van der Waals surface area contributed by atoms with Crippen molar-refractivity contribution in [2.75, 3.05) is 0 Å². The van der Waals surface area contributed by atoms with E-state index >= 15 is 0 Å². The van der Waals surface area contributed by atoms with Crippen molar-refractivity contribution in [3.63, 3.8) is 0 Å². The first-order chi connectivity index (χ1) is 6.22. The monoisotopic (exact) mass is 197 g/mol. The molecule has 0 bridgehead atoms. The Kier molecular flexibility index (Phi) is 4.26. The zero-order valence-corrected chi connectivity index (χ0v) is 8.93. The van der Waals surface area contributed by atoms with Gasteiger partial charge in [-0.3, -0.25) is 0 Å². The molecule has 0 saturated heterocycles. The molecule has 0 saturated carbocycles. The van der Waals surface area contributed by atoms with Gasteiger partial charge in [0.1, 0.15) is 0 Å². The lowest BCUT2D eigenvalue weighted by molar-refractivity contribution is 0.534. The third kappa shape index (κ3) is 3.79. The molecule has 0 spiro atoms. The molecule has 0 aliphatic rings. The summed E-state index contributed by atoms with van der Waals surface area (Å²) >= 11 is 5.87. The zero-order chi connectivity index (χ0) is 9.68. The van der Waals surface area contributed by atoms with E-state index in [2.05, 4.69) is 25.2 Å². The topological polar surface area (TPSA) is 12.0 Å². The first-order valence-electron chi connectivity index (χ1n) is 4.70. The molecule has 0 unspecified atom stereocenters. The summed E-state index contributed by atoms with van der Waals surface area (Å²) in [6, 6.07) is 8.53. The highest BCUT2D eigenvalue weighted by molar-refractivity contribution is 6.30. The second-order valence-corrected chi connectivity index (χ2v) is 3.76. The van der Waals surface area contributed by atoms with E-state index in [1.165, 1.54) is 5.56 Å². The Balaban J connectivity index is 2.45.